The maximum absolute atomic E-state index is 12.9. The molecule has 0 amide bonds. The molecule has 0 saturated heterocycles. The zero-order chi connectivity index (χ0) is 58.5. The highest BCUT2D eigenvalue weighted by Gasteiger charge is 2.19. The van der Waals surface area contributed by atoms with E-state index in [9.17, 15) is 14.4 Å². The molecule has 0 radical (unpaired) electrons. The second kappa shape index (κ2) is 67.3. The second-order valence-corrected chi connectivity index (χ2v) is 20.9. The molecular formula is C75H118O6. The van der Waals surface area contributed by atoms with Gasteiger partial charge in [-0.3, -0.25) is 14.4 Å². The minimum absolute atomic E-state index is 0.107. The van der Waals surface area contributed by atoms with E-state index < -0.39 is 6.10 Å². The molecule has 0 N–H and O–H groups in total. The molecule has 81 heavy (non-hydrogen) atoms. The van der Waals surface area contributed by atoms with Crippen molar-refractivity contribution < 1.29 is 28.6 Å². The first-order valence-electron chi connectivity index (χ1n) is 32.6. The molecule has 6 heteroatoms. The number of hydrogen-bond donors (Lipinski definition) is 0. The number of allylic oxidation sites excluding steroid dienone is 28. The lowest BCUT2D eigenvalue weighted by Crippen LogP contribution is -2.30. The third-order valence-corrected chi connectivity index (χ3v) is 13.2. The van der Waals surface area contributed by atoms with Gasteiger partial charge in [-0.2, -0.15) is 0 Å². The van der Waals surface area contributed by atoms with Gasteiger partial charge >= 0.3 is 17.9 Å². The monoisotopic (exact) mass is 1110 g/mol. The van der Waals surface area contributed by atoms with Crippen LogP contribution in [0.4, 0.5) is 0 Å². The second-order valence-electron chi connectivity index (χ2n) is 20.9. The molecule has 0 aromatic heterocycles. The highest BCUT2D eigenvalue weighted by atomic mass is 16.6. The largest absolute Gasteiger partial charge is 0.462 e. The molecule has 0 aliphatic heterocycles. The fourth-order valence-corrected chi connectivity index (χ4v) is 8.43. The Morgan fingerprint density at radius 1 is 0.247 bits per heavy atom. The molecule has 0 aliphatic carbocycles. The molecule has 1 atom stereocenters. The van der Waals surface area contributed by atoms with Crippen LogP contribution >= 0.6 is 0 Å². The molecule has 0 aliphatic rings. The molecule has 0 saturated carbocycles. The number of rotatable bonds is 57. The molecule has 6 nitrogen and oxygen atoms in total. The van der Waals surface area contributed by atoms with Crippen molar-refractivity contribution in [2.24, 2.45) is 0 Å². The lowest BCUT2D eigenvalue weighted by molar-refractivity contribution is -0.167. The van der Waals surface area contributed by atoms with Crippen molar-refractivity contribution in [3.05, 3.63) is 170 Å². The standard InChI is InChI=1S/C75H118O6/c1-4-7-10-13-16-19-22-25-28-31-34-37-40-43-46-49-52-55-58-61-64-67-73(76)79-70-72(81-75(78)69-66-63-60-57-54-51-48-45-42-39-36-33-30-27-24-21-18-15-12-9-6-3)71-80-74(77)68-65-62-59-56-53-50-47-44-41-38-35-32-29-26-23-20-17-14-11-8-5-2/h7-12,16-21,25-30,34-39,43,46,52,55,72H,4-6,13-15,22-24,31-33,40-42,44-45,47-51,53-54,56-71H2,1-3H3/b10-7-,11-8-,12-9-,19-16-,20-17-,21-18-,28-25-,29-26-,30-27-,37-34-,38-35-,39-36-,46-43-,55-52-. The number of ether oxygens (including phenoxy) is 3. The first-order valence-corrected chi connectivity index (χ1v) is 32.6. The summed E-state index contributed by atoms with van der Waals surface area (Å²) in [6.45, 7) is 6.25. The summed E-state index contributed by atoms with van der Waals surface area (Å²) in [5.41, 5.74) is 0. The van der Waals surface area contributed by atoms with Crippen LogP contribution in [0.25, 0.3) is 0 Å². The summed E-state index contributed by atoms with van der Waals surface area (Å²) in [7, 11) is 0. The fourth-order valence-electron chi connectivity index (χ4n) is 8.43. The van der Waals surface area contributed by atoms with Crippen LogP contribution in [0.15, 0.2) is 170 Å². The van der Waals surface area contributed by atoms with Crippen LogP contribution in [0.2, 0.25) is 0 Å². The van der Waals surface area contributed by atoms with E-state index in [1.807, 2.05) is 0 Å². The van der Waals surface area contributed by atoms with Crippen molar-refractivity contribution >= 4 is 17.9 Å². The summed E-state index contributed by atoms with van der Waals surface area (Å²) in [5.74, 6) is -0.970. The van der Waals surface area contributed by atoms with E-state index >= 15 is 0 Å². The Kier molecular flexibility index (Phi) is 62.9. The molecule has 1 unspecified atom stereocenters. The number of carbonyl (C=O) groups is 3. The van der Waals surface area contributed by atoms with Gasteiger partial charge in [0.05, 0.1) is 0 Å². The van der Waals surface area contributed by atoms with Crippen molar-refractivity contribution in [3.8, 4) is 0 Å². The maximum atomic E-state index is 12.9. The fraction of sp³-hybridized carbons (Fsp3) is 0.587. The van der Waals surface area contributed by atoms with E-state index in [2.05, 4.69) is 191 Å². The highest BCUT2D eigenvalue weighted by molar-refractivity contribution is 5.71. The summed E-state index contributed by atoms with van der Waals surface area (Å²) < 4.78 is 16.9. The van der Waals surface area contributed by atoms with Crippen LogP contribution in [0.1, 0.15) is 265 Å². The molecular weight excluding hydrogens is 997 g/mol. The Morgan fingerprint density at radius 3 is 0.716 bits per heavy atom. The van der Waals surface area contributed by atoms with Crippen molar-refractivity contribution in [3.63, 3.8) is 0 Å². The van der Waals surface area contributed by atoms with Crippen LogP contribution in [0.5, 0.6) is 0 Å². The number of esters is 3. The van der Waals surface area contributed by atoms with Crippen molar-refractivity contribution in [1.29, 1.82) is 0 Å². The molecule has 454 valence electrons. The highest BCUT2D eigenvalue weighted by Crippen LogP contribution is 2.15. The SMILES string of the molecule is CC/C=C\C/C=C\C/C=C\C/C=C\C/C=C\C/C=C\CCCCC(=O)OCC(COC(=O)CCCCCCCCCC/C=C\C/C=C\C/C=C\C/C=C\CC)OC(=O)CCCCCCCCCC/C=C\C/C=C\C/C=C\C/C=C\CC. The summed E-state index contributed by atoms with van der Waals surface area (Å²) in [6.07, 6.45) is 99.2. The molecule has 0 aromatic carbocycles. The van der Waals surface area contributed by atoms with Crippen LogP contribution in [0.3, 0.4) is 0 Å². The Bertz CT molecular complexity index is 1860. The smallest absolute Gasteiger partial charge is 0.306 e. The normalized spacial score (nSPS) is 13.3. The van der Waals surface area contributed by atoms with Gasteiger partial charge in [-0.25, -0.2) is 0 Å². The van der Waals surface area contributed by atoms with Gasteiger partial charge in [0.25, 0.3) is 0 Å². The lowest BCUT2D eigenvalue weighted by Gasteiger charge is -2.18. The summed E-state index contributed by atoms with van der Waals surface area (Å²) in [5, 5.41) is 0. The van der Waals surface area contributed by atoms with Crippen LogP contribution in [-0.2, 0) is 28.6 Å². The zero-order valence-electron chi connectivity index (χ0n) is 52.0. The molecule has 0 bridgehead atoms. The Hall–Kier alpha value is -5.23. The third kappa shape index (κ3) is 65.5. The summed E-state index contributed by atoms with van der Waals surface area (Å²) >= 11 is 0. The van der Waals surface area contributed by atoms with Crippen LogP contribution in [-0.4, -0.2) is 37.2 Å². The molecule has 0 fully saturated rings. The summed E-state index contributed by atoms with van der Waals surface area (Å²) in [6, 6.07) is 0. The van der Waals surface area contributed by atoms with E-state index in [0.717, 1.165) is 154 Å². The molecule has 0 heterocycles. The average molecular weight is 1120 g/mol. The predicted molar refractivity (Wildman–Crippen MR) is 352 cm³/mol. The first-order chi connectivity index (χ1) is 40.0. The topological polar surface area (TPSA) is 78.9 Å². The maximum Gasteiger partial charge on any atom is 0.306 e. The molecule has 0 spiro atoms. The van der Waals surface area contributed by atoms with Gasteiger partial charge < -0.3 is 14.2 Å². The number of carbonyl (C=O) groups excluding carboxylic acids is 3. The number of unbranched alkanes of at least 4 members (excludes halogenated alkanes) is 18. The minimum atomic E-state index is -0.816. The van der Waals surface area contributed by atoms with Gasteiger partial charge in [-0.1, -0.05) is 268 Å². The van der Waals surface area contributed by atoms with Gasteiger partial charge in [-0.05, 0) is 148 Å². The first kappa shape index (κ1) is 75.8. The Labute approximate surface area is 498 Å². The van der Waals surface area contributed by atoms with Crippen LogP contribution < -0.4 is 0 Å². The minimum Gasteiger partial charge on any atom is -0.462 e. The van der Waals surface area contributed by atoms with E-state index in [0.29, 0.717) is 25.7 Å². The van der Waals surface area contributed by atoms with E-state index in [-0.39, 0.29) is 31.1 Å². The van der Waals surface area contributed by atoms with E-state index in [1.165, 1.54) is 64.2 Å². The number of hydrogen-bond acceptors (Lipinski definition) is 6. The average Bonchev–Trinajstić information content (AvgIpc) is 3.47. The van der Waals surface area contributed by atoms with Crippen molar-refractivity contribution in [2.75, 3.05) is 13.2 Å². The van der Waals surface area contributed by atoms with E-state index in [1.54, 1.807) is 0 Å². The van der Waals surface area contributed by atoms with Gasteiger partial charge in [-0.15, -0.1) is 0 Å². The van der Waals surface area contributed by atoms with Crippen molar-refractivity contribution in [2.45, 2.75) is 271 Å². The lowest BCUT2D eigenvalue weighted by atomic mass is 10.1. The van der Waals surface area contributed by atoms with Crippen molar-refractivity contribution in [1.82, 2.24) is 0 Å². The Morgan fingerprint density at radius 2 is 0.444 bits per heavy atom. The van der Waals surface area contributed by atoms with Gasteiger partial charge in [0.15, 0.2) is 6.10 Å². The predicted octanol–water partition coefficient (Wildman–Crippen LogP) is 22.7. The molecule has 0 rings (SSSR count). The van der Waals surface area contributed by atoms with Gasteiger partial charge in [0.2, 0.25) is 0 Å². The Balaban J connectivity index is 4.53. The van der Waals surface area contributed by atoms with Gasteiger partial charge in [0.1, 0.15) is 13.2 Å². The van der Waals surface area contributed by atoms with Gasteiger partial charge in [0, 0.05) is 19.3 Å². The van der Waals surface area contributed by atoms with Crippen LogP contribution in [0, 0.1) is 0 Å². The molecule has 0 aromatic rings. The summed E-state index contributed by atoms with van der Waals surface area (Å²) in [4.78, 5) is 38.4. The zero-order valence-corrected chi connectivity index (χ0v) is 52.0. The van der Waals surface area contributed by atoms with E-state index in [4.69, 9.17) is 14.2 Å². The quantitative estimate of drug-likeness (QED) is 0.0261. The third-order valence-electron chi connectivity index (χ3n) is 13.2.